The average molecular weight is 501 g/mol. The predicted octanol–water partition coefficient (Wildman–Crippen LogP) is 4.28. The van der Waals surface area contributed by atoms with E-state index in [0.717, 1.165) is 18.4 Å². The Hall–Kier alpha value is -2.97. The van der Waals surface area contributed by atoms with E-state index in [2.05, 4.69) is 15.3 Å². The minimum atomic E-state index is -0.0622. The lowest BCUT2D eigenvalue weighted by atomic mass is 10.1. The average Bonchev–Trinajstić information content (AvgIpc) is 2.86. The molecule has 0 aliphatic carbocycles. The molecule has 0 saturated carbocycles. The van der Waals surface area contributed by atoms with Crippen molar-refractivity contribution in [3.8, 4) is 11.5 Å². The SMILES string of the molecule is COc1ccc(CCN(C)c2cc(Cl)nc(SCC(=O)NCCc3ccccc3)n2)cc1OC. The van der Waals surface area contributed by atoms with Crippen molar-refractivity contribution in [3.05, 3.63) is 70.9 Å². The number of ether oxygens (including phenoxy) is 2. The number of halogens is 1. The monoisotopic (exact) mass is 500 g/mol. The zero-order valence-electron chi connectivity index (χ0n) is 19.6. The number of thioether (sulfide) groups is 1. The molecule has 0 aliphatic heterocycles. The summed E-state index contributed by atoms with van der Waals surface area (Å²) in [6.45, 7) is 1.30. The number of methoxy groups -OCH3 is 2. The molecule has 0 fully saturated rings. The Balaban J connectivity index is 1.51. The number of anilines is 1. The van der Waals surface area contributed by atoms with Crippen LogP contribution in [0, 0.1) is 0 Å². The second-order valence-electron chi connectivity index (χ2n) is 7.57. The topological polar surface area (TPSA) is 76.6 Å². The Morgan fingerprint density at radius 2 is 1.76 bits per heavy atom. The quantitative estimate of drug-likeness (QED) is 0.226. The zero-order valence-corrected chi connectivity index (χ0v) is 21.2. The Kier molecular flexibility index (Phi) is 9.85. The Morgan fingerprint density at radius 1 is 1.00 bits per heavy atom. The lowest BCUT2D eigenvalue weighted by Gasteiger charge is -2.19. The normalized spacial score (nSPS) is 10.6. The molecular weight excluding hydrogens is 472 g/mol. The van der Waals surface area contributed by atoms with E-state index in [4.69, 9.17) is 21.1 Å². The number of hydrogen-bond acceptors (Lipinski definition) is 7. The van der Waals surface area contributed by atoms with Crippen LogP contribution in [-0.2, 0) is 17.6 Å². The maximum absolute atomic E-state index is 12.2. The van der Waals surface area contributed by atoms with Crippen LogP contribution in [0.2, 0.25) is 5.15 Å². The van der Waals surface area contributed by atoms with Gasteiger partial charge in [-0.25, -0.2) is 9.97 Å². The van der Waals surface area contributed by atoms with Gasteiger partial charge in [-0.1, -0.05) is 59.8 Å². The summed E-state index contributed by atoms with van der Waals surface area (Å²) in [4.78, 5) is 23.1. The molecule has 0 bridgehead atoms. The third-order valence-electron chi connectivity index (χ3n) is 5.15. The summed E-state index contributed by atoms with van der Waals surface area (Å²) in [5.41, 5.74) is 2.31. The van der Waals surface area contributed by atoms with Crippen molar-refractivity contribution in [1.82, 2.24) is 15.3 Å². The molecule has 0 aliphatic rings. The highest BCUT2D eigenvalue weighted by Gasteiger charge is 2.11. The van der Waals surface area contributed by atoms with Crippen LogP contribution in [0.1, 0.15) is 11.1 Å². The Labute approximate surface area is 209 Å². The molecule has 1 amide bonds. The maximum Gasteiger partial charge on any atom is 0.230 e. The molecule has 0 unspecified atom stereocenters. The lowest BCUT2D eigenvalue weighted by molar-refractivity contribution is -0.118. The predicted molar refractivity (Wildman–Crippen MR) is 137 cm³/mol. The van der Waals surface area contributed by atoms with Gasteiger partial charge >= 0.3 is 0 Å². The van der Waals surface area contributed by atoms with Gasteiger partial charge in [0.05, 0.1) is 20.0 Å². The second kappa shape index (κ2) is 13.1. The highest BCUT2D eigenvalue weighted by Crippen LogP contribution is 2.28. The van der Waals surface area contributed by atoms with Gasteiger partial charge in [-0.2, -0.15) is 0 Å². The van der Waals surface area contributed by atoms with Crippen LogP contribution < -0.4 is 19.7 Å². The summed E-state index contributed by atoms with van der Waals surface area (Å²) in [5, 5.41) is 3.74. The van der Waals surface area contributed by atoms with E-state index >= 15 is 0 Å². The standard InChI is InChI=1S/C25H29ClN4O3S/c1-30(14-12-19-9-10-20(32-2)21(15-19)33-3)23-16-22(26)28-25(29-23)34-17-24(31)27-13-11-18-7-5-4-6-8-18/h4-10,15-16H,11-14,17H2,1-3H3,(H,27,31). The van der Waals surface area contributed by atoms with Gasteiger partial charge in [-0.05, 0) is 36.1 Å². The third kappa shape index (κ3) is 7.81. The lowest BCUT2D eigenvalue weighted by Crippen LogP contribution is -2.27. The number of amides is 1. The zero-order chi connectivity index (χ0) is 24.3. The highest BCUT2D eigenvalue weighted by molar-refractivity contribution is 7.99. The Bertz CT molecular complexity index is 1090. The molecule has 7 nitrogen and oxygen atoms in total. The number of aromatic nitrogens is 2. The van der Waals surface area contributed by atoms with Crippen LogP contribution in [0.25, 0.3) is 0 Å². The smallest absolute Gasteiger partial charge is 0.230 e. The van der Waals surface area contributed by atoms with E-state index in [0.29, 0.717) is 40.7 Å². The van der Waals surface area contributed by atoms with Gasteiger partial charge in [0.1, 0.15) is 11.0 Å². The van der Waals surface area contributed by atoms with Gasteiger partial charge in [0.15, 0.2) is 16.7 Å². The fraction of sp³-hybridized carbons (Fsp3) is 0.320. The first kappa shape index (κ1) is 25.6. The van der Waals surface area contributed by atoms with Gasteiger partial charge < -0.3 is 19.7 Å². The van der Waals surface area contributed by atoms with Gasteiger partial charge in [0.2, 0.25) is 5.91 Å². The van der Waals surface area contributed by atoms with Crippen molar-refractivity contribution in [1.29, 1.82) is 0 Å². The maximum atomic E-state index is 12.2. The molecule has 1 aromatic heterocycles. The molecule has 3 aromatic rings. The van der Waals surface area contributed by atoms with E-state index < -0.39 is 0 Å². The first-order valence-corrected chi connectivity index (χ1v) is 12.2. The summed E-state index contributed by atoms with van der Waals surface area (Å²) in [6, 6.07) is 17.7. The Morgan fingerprint density at radius 3 is 2.50 bits per heavy atom. The van der Waals surface area contributed by atoms with Crippen molar-refractivity contribution >= 4 is 35.1 Å². The number of hydrogen-bond donors (Lipinski definition) is 1. The molecule has 2 aromatic carbocycles. The second-order valence-corrected chi connectivity index (χ2v) is 8.90. The fourth-order valence-electron chi connectivity index (χ4n) is 3.27. The van der Waals surface area contributed by atoms with Crippen LogP contribution in [0.3, 0.4) is 0 Å². The molecule has 9 heteroatoms. The number of carbonyl (C=O) groups excluding carboxylic acids is 1. The molecule has 34 heavy (non-hydrogen) atoms. The van der Waals surface area contributed by atoms with Gasteiger partial charge in [0.25, 0.3) is 0 Å². The van der Waals surface area contributed by atoms with E-state index in [9.17, 15) is 4.79 Å². The van der Waals surface area contributed by atoms with E-state index in [1.807, 2.05) is 60.5 Å². The van der Waals surface area contributed by atoms with E-state index in [1.54, 1.807) is 20.3 Å². The van der Waals surface area contributed by atoms with Crippen LogP contribution >= 0.6 is 23.4 Å². The van der Waals surface area contributed by atoms with Crippen molar-refractivity contribution in [2.24, 2.45) is 0 Å². The summed E-state index contributed by atoms with van der Waals surface area (Å²) in [6.07, 6.45) is 1.57. The minimum absolute atomic E-state index is 0.0622. The number of rotatable bonds is 12. The van der Waals surface area contributed by atoms with E-state index in [1.165, 1.54) is 17.3 Å². The molecular formula is C25H29ClN4O3S. The number of benzene rings is 2. The fourth-order valence-corrected chi connectivity index (χ4v) is 4.18. The molecule has 3 rings (SSSR count). The van der Waals surface area contributed by atoms with Crippen LogP contribution in [-0.4, -0.2) is 56.0 Å². The van der Waals surface area contributed by atoms with Crippen LogP contribution in [0.15, 0.2) is 59.8 Å². The number of nitrogens with zero attached hydrogens (tertiary/aromatic N) is 3. The number of carbonyl (C=O) groups is 1. The van der Waals surface area contributed by atoms with Crippen LogP contribution in [0.5, 0.6) is 11.5 Å². The summed E-state index contributed by atoms with van der Waals surface area (Å²) in [7, 11) is 5.19. The van der Waals surface area contributed by atoms with Crippen molar-refractivity contribution in [2.75, 3.05) is 45.0 Å². The summed E-state index contributed by atoms with van der Waals surface area (Å²) >= 11 is 7.50. The van der Waals surface area contributed by atoms with E-state index in [-0.39, 0.29) is 11.7 Å². The van der Waals surface area contributed by atoms with Crippen molar-refractivity contribution < 1.29 is 14.3 Å². The first-order valence-electron chi connectivity index (χ1n) is 10.9. The molecule has 0 saturated heterocycles. The largest absolute Gasteiger partial charge is 0.493 e. The van der Waals surface area contributed by atoms with Crippen LogP contribution in [0.4, 0.5) is 5.82 Å². The third-order valence-corrected chi connectivity index (χ3v) is 6.19. The highest BCUT2D eigenvalue weighted by atomic mass is 35.5. The minimum Gasteiger partial charge on any atom is -0.493 e. The molecule has 180 valence electrons. The number of likely N-dealkylation sites (N-methyl/N-ethyl adjacent to an activating group) is 1. The number of nitrogens with one attached hydrogen (secondary N) is 1. The molecule has 1 N–H and O–H groups in total. The van der Waals surface area contributed by atoms with Gasteiger partial charge in [-0.3, -0.25) is 4.79 Å². The molecule has 0 spiro atoms. The first-order chi connectivity index (χ1) is 16.5. The van der Waals surface area contributed by atoms with Gasteiger partial charge in [-0.15, -0.1) is 0 Å². The van der Waals surface area contributed by atoms with Gasteiger partial charge in [0, 0.05) is 26.2 Å². The molecule has 1 heterocycles. The summed E-state index contributed by atoms with van der Waals surface area (Å²) < 4.78 is 10.7. The van der Waals surface area contributed by atoms with Crippen molar-refractivity contribution in [2.45, 2.75) is 18.0 Å². The van der Waals surface area contributed by atoms with Crippen molar-refractivity contribution in [3.63, 3.8) is 0 Å². The molecule has 0 radical (unpaired) electrons. The molecule has 0 atom stereocenters. The summed E-state index contributed by atoms with van der Waals surface area (Å²) in [5.74, 6) is 2.27.